The molecular formula is C21H22N2O3. The molecule has 1 saturated heterocycles. The third kappa shape index (κ3) is 3.43. The van der Waals surface area contributed by atoms with Gasteiger partial charge in [-0.2, -0.15) is 0 Å². The SMILES string of the molecule is O=C(N[C@@H]1CCOc2ccccc21)c1ccc(CN2CCCC2=O)cc1. The van der Waals surface area contributed by atoms with Crippen molar-refractivity contribution in [2.75, 3.05) is 13.2 Å². The third-order valence-electron chi connectivity index (χ3n) is 5.02. The molecule has 2 heterocycles. The summed E-state index contributed by atoms with van der Waals surface area (Å²) in [5, 5.41) is 3.11. The highest BCUT2D eigenvalue weighted by Gasteiger charge is 2.23. The first-order valence-electron chi connectivity index (χ1n) is 9.10. The summed E-state index contributed by atoms with van der Waals surface area (Å²) in [6.45, 7) is 2.04. The molecule has 2 aliphatic heterocycles. The van der Waals surface area contributed by atoms with Crippen LogP contribution >= 0.6 is 0 Å². The van der Waals surface area contributed by atoms with Crippen molar-refractivity contribution < 1.29 is 14.3 Å². The van der Waals surface area contributed by atoms with E-state index in [0.717, 1.165) is 36.3 Å². The summed E-state index contributed by atoms with van der Waals surface area (Å²) in [5.41, 5.74) is 2.70. The van der Waals surface area contributed by atoms with Gasteiger partial charge in [-0.3, -0.25) is 9.59 Å². The van der Waals surface area contributed by atoms with Crippen molar-refractivity contribution in [2.24, 2.45) is 0 Å². The van der Waals surface area contributed by atoms with E-state index in [1.54, 1.807) is 0 Å². The number of carbonyl (C=O) groups is 2. The Morgan fingerprint density at radius 3 is 2.73 bits per heavy atom. The van der Waals surface area contributed by atoms with E-state index in [9.17, 15) is 9.59 Å². The molecule has 0 radical (unpaired) electrons. The van der Waals surface area contributed by atoms with E-state index in [4.69, 9.17) is 4.74 Å². The van der Waals surface area contributed by atoms with Crippen LogP contribution in [0, 0.1) is 0 Å². The first-order valence-corrected chi connectivity index (χ1v) is 9.10. The molecule has 0 unspecified atom stereocenters. The average Bonchev–Trinajstić information content (AvgIpc) is 3.07. The third-order valence-corrected chi connectivity index (χ3v) is 5.02. The van der Waals surface area contributed by atoms with Gasteiger partial charge >= 0.3 is 0 Å². The smallest absolute Gasteiger partial charge is 0.251 e. The lowest BCUT2D eigenvalue weighted by Crippen LogP contribution is -2.32. The van der Waals surface area contributed by atoms with Crippen LogP contribution in [0.5, 0.6) is 5.75 Å². The Bertz CT molecular complexity index is 816. The minimum absolute atomic E-state index is 0.0330. The van der Waals surface area contributed by atoms with Gasteiger partial charge in [0.05, 0.1) is 12.6 Å². The zero-order chi connectivity index (χ0) is 17.9. The van der Waals surface area contributed by atoms with E-state index in [0.29, 0.717) is 25.1 Å². The molecule has 4 rings (SSSR count). The number of nitrogens with zero attached hydrogens (tertiary/aromatic N) is 1. The molecule has 0 bridgehead atoms. The van der Waals surface area contributed by atoms with Crippen LogP contribution in [0.25, 0.3) is 0 Å². The number of benzene rings is 2. The van der Waals surface area contributed by atoms with E-state index < -0.39 is 0 Å². The molecule has 0 aromatic heterocycles. The van der Waals surface area contributed by atoms with Crippen LogP contribution in [0.4, 0.5) is 0 Å². The first-order chi connectivity index (χ1) is 12.7. The Labute approximate surface area is 153 Å². The summed E-state index contributed by atoms with van der Waals surface area (Å²) in [7, 11) is 0. The van der Waals surface area contributed by atoms with Gasteiger partial charge in [0.1, 0.15) is 5.75 Å². The number of amides is 2. The molecule has 26 heavy (non-hydrogen) atoms. The van der Waals surface area contributed by atoms with Crippen molar-refractivity contribution in [1.29, 1.82) is 0 Å². The lowest BCUT2D eigenvalue weighted by Gasteiger charge is -2.26. The maximum atomic E-state index is 12.6. The Morgan fingerprint density at radius 2 is 1.96 bits per heavy atom. The maximum Gasteiger partial charge on any atom is 0.251 e. The summed E-state index contributed by atoms with van der Waals surface area (Å²) in [6.07, 6.45) is 2.34. The van der Waals surface area contributed by atoms with E-state index in [2.05, 4.69) is 5.32 Å². The van der Waals surface area contributed by atoms with Gasteiger partial charge in [0, 0.05) is 37.1 Å². The number of hydrogen-bond acceptors (Lipinski definition) is 3. The standard InChI is InChI=1S/C21H22N2O3/c24-20-6-3-12-23(20)14-15-7-9-16(10-8-15)21(25)22-18-11-13-26-19-5-2-1-4-17(18)19/h1-2,4-5,7-10,18H,3,6,11-14H2,(H,22,25)/t18-/m1/s1. The normalized spacial score (nSPS) is 19.0. The molecule has 1 fully saturated rings. The minimum Gasteiger partial charge on any atom is -0.493 e. The Balaban J connectivity index is 1.42. The summed E-state index contributed by atoms with van der Waals surface area (Å²) < 4.78 is 5.65. The van der Waals surface area contributed by atoms with Gasteiger partial charge in [0.25, 0.3) is 5.91 Å². The number of carbonyl (C=O) groups excluding carboxylic acids is 2. The highest BCUT2D eigenvalue weighted by molar-refractivity contribution is 5.94. The molecule has 1 atom stereocenters. The number of hydrogen-bond donors (Lipinski definition) is 1. The van der Waals surface area contributed by atoms with Crippen LogP contribution in [0.1, 0.15) is 46.8 Å². The topological polar surface area (TPSA) is 58.6 Å². The molecule has 2 aromatic carbocycles. The number of fused-ring (bicyclic) bond motifs is 1. The van der Waals surface area contributed by atoms with Gasteiger partial charge in [0.15, 0.2) is 0 Å². The number of rotatable bonds is 4. The number of ether oxygens (including phenoxy) is 1. The molecule has 5 nitrogen and oxygen atoms in total. The van der Waals surface area contributed by atoms with Gasteiger partial charge in [-0.1, -0.05) is 30.3 Å². The van der Waals surface area contributed by atoms with Gasteiger partial charge in [-0.25, -0.2) is 0 Å². The van der Waals surface area contributed by atoms with Crippen molar-refractivity contribution in [3.05, 3.63) is 65.2 Å². The largest absolute Gasteiger partial charge is 0.493 e. The zero-order valence-corrected chi connectivity index (χ0v) is 14.6. The average molecular weight is 350 g/mol. The minimum atomic E-state index is -0.0875. The van der Waals surface area contributed by atoms with Gasteiger partial charge < -0.3 is 15.0 Å². The Kier molecular flexibility index (Phi) is 4.61. The van der Waals surface area contributed by atoms with Gasteiger partial charge in [-0.05, 0) is 30.2 Å². The quantitative estimate of drug-likeness (QED) is 0.922. The fourth-order valence-electron chi connectivity index (χ4n) is 3.59. The molecule has 1 N–H and O–H groups in total. The number of para-hydroxylation sites is 1. The van der Waals surface area contributed by atoms with E-state index >= 15 is 0 Å². The van der Waals surface area contributed by atoms with Crippen molar-refractivity contribution in [3.63, 3.8) is 0 Å². The predicted molar refractivity (Wildman–Crippen MR) is 97.9 cm³/mol. The van der Waals surface area contributed by atoms with Crippen LogP contribution < -0.4 is 10.1 Å². The van der Waals surface area contributed by atoms with Gasteiger partial charge in [-0.15, -0.1) is 0 Å². The van der Waals surface area contributed by atoms with Crippen LogP contribution in [0.15, 0.2) is 48.5 Å². The van der Waals surface area contributed by atoms with Crippen LogP contribution in [0.2, 0.25) is 0 Å². The van der Waals surface area contributed by atoms with Crippen molar-refractivity contribution in [1.82, 2.24) is 10.2 Å². The molecule has 2 aliphatic rings. The molecule has 5 heteroatoms. The van der Waals surface area contributed by atoms with Crippen molar-refractivity contribution >= 4 is 11.8 Å². The fourth-order valence-corrected chi connectivity index (χ4v) is 3.59. The highest BCUT2D eigenvalue weighted by atomic mass is 16.5. The zero-order valence-electron chi connectivity index (χ0n) is 14.6. The lowest BCUT2D eigenvalue weighted by molar-refractivity contribution is -0.128. The predicted octanol–water partition coefficient (Wildman–Crippen LogP) is 3.06. The van der Waals surface area contributed by atoms with E-state index in [1.807, 2.05) is 53.4 Å². The van der Waals surface area contributed by atoms with Crippen LogP contribution in [-0.2, 0) is 11.3 Å². The molecule has 0 spiro atoms. The monoisotopic (exact) mass is 350 g/mol. The van der Waals surface area contributed by atoms with Crippen LogP contribution in [-0.4, -0.2) is 29.9 Å². The fraction of sp³-hybridized carbons (Fsp3) is 0.333. The summed E-state index contributed by atoms with van der Waals surface area (Å²) in [4.78, 5) is 26.2. The Hall–Kier alpha value is -2.82. The second-order valence-electron chi connectivity index (χ2n) is 6.82. The van der Waals surface area contributed by atoms with E-state index in [1.165, 1.54) is 0 Å². The summed E-state index contributed by atoms with van der Waals surface area (Å²) >= 11 is 0. The maximum absolute atomic E-state index is 12.6. The Morgan fingerprint density at radius 1 is 1.15 bits per heavy atom. The number of likely N-dealkylation sites (tertiary alicyclic amines) is 1. The van der Waals surface area contributed by atoms with Crippen molar-refractivity contribution in [3.8, 4) is 5.75 Å². The second-order valence-corrected chi connectivity index (χ2v) is 6.82. The van der Waals surface area contributed by atoms with Gasteiger partial charge in [0.2, 0.25) is 5.91 Å². The van der Waals surface area contributed by atoms with Crippen LogP contribution in [0.3, 0.4) is 0 Å². The lowest BCUT2D eigenvalue weighted by atomic mass is 10.00. The molecule has 2 aromatic rings. The van der Waals surface area contributed by atoms with Crippen molar-refractivity contribution in [2.45, 2.75) is 31.8 Å². The highest BCUT2D eigenvalue weighted by Crippen LogP contribution is 2.31. The molecule has 0 aliphatic carbocycles. The molecular weight excluding hydrogens is 328 g/mol. The second kappa shape index (κ2) is 7.20. The summed E-state index contributed by atoms with van der Waals surface area (Å²) in [5.74, 6) is 0.968. The first kappa shape index (κ1) is 16.6. The molecule has 0 saturated carbocycles. The molecule has 134 valence electrons. The van der Waals surface area contributed by atoms with E-state index in [-0.39, 0.29) is 17.9 Å². The molecule has 2 amide bonds. The number of nitrogens with one attached hydrogen (secondary N) is 1. The summed E-state index contributed by atoms with van der Waals surface area (Å²) in [6, 6.07) is 15.3.